The van der Waals surface area contributed by atoms with Crippen LogP contribution in [-0.4, -0.2) is 0 Å². The van der Waals surface area contributed by atoms with Crippen LogP contribution in [0.3, 0.4) is 0 Å². The van der Waals surface area contributed by atoms with E-state index in [0.717, 1.165) is 73.4 Å². The second kappa shape index (κ2) is 15.7. The molecule has 3 aliphatic rings. The molecule has 2 heteroatoms. The number of para-hydroxylation sites is 4. The van der Waals surface area contributed by atoms with Gasteiger partial charge >= 0.3 is 0 Å². The van der Waals surface area contributed by atoms with Gasteiger partial charge in [-0.2, -0.15) is 0 Å². The molecule has 2 atom stereocenters. The molecule has 0 saturated carbocycles. The van der Waals surface area contributed by atoms with E-state index in [4.69, 9.17) is 8.83 Å². The molecular formula is C69H46O2. The lowest BCUT2D eigenvalue weighted by atomic mass is 9.65. The maximum atomic E-state index is 6.82. The molecule has 71 heavy (non-hydrogen) atoms. The largest absolute Gasteiger partial charge is 0.455 e. The third-order valence-corrected chi connectivity index (χ3v) is 16.1. The highest BCUT2D eigenvalue weighted by molar-refractivity contribution is 6.12. The zero-order chi connectivity index (χ0) is 46.6. The predicted molar refractivity (Wildman–Crippen MR) is 293 cm³/mol. The first-order valence-corrected chi connectivity index (χ1v) is 25.0. The standard InChI is InChI=1S/C69H46O2/c1-2-17-44(18-3-1)47-19-4-5-20-49(47)60(46-38-36-45(37-39-46)48-25-14-28-57-53-23-8-12-33-64(53)70-67(48)57)41-43-35-40-52-55-26-15-27-56(59-30-16-29-58-54-24-9-13-34-65(54)71-68(58)59)66(55)69(63(52)42-43)61-31-10-6-21-50(61)51-22-7-11-32-62(51)69/h1-40,43,60H,41-42H2. The van der Waals surface area contributed by atoms with Gasteiger partial charge in [0, 0.05) is 38.6 Å². The quantitative estimate of drug-likeness (QED) is 0.159. The van der Waals surface area contributed by atoms with E-state index < -0.39 is 5.41 Å². The molecule has 15 rings (SSSR count). The number of benzene rings is 10. The van der Waals surface area contributed by atoms with Crippen LogP contribution in [0.15, 0.2) is 257 Å². The van der Waals surface area contributed by atoms with Crippen molar-refractivity contribution in [3.05, 3.63) is 282 Å². The third-order valence-electron chi connectivity index (χ3n) is 16.1. The molecule has 0 fully saturated rings. The molecule has 1 spiro atoms. The van der Waals surface area contributed by atoms with Crippen LogP contribution in [0.1, 0.15) is 52.1 Å². The number of fused-ring (bicyclic) bond motifs is 15. The van der Waals surface area contributed by atoms with E-state index in [1.807, 2.05) is 6.07 Å². The zero-order valence-electron chi connectivity index (χ0n) is 39.0. The van der Waals surface area contributed by atoms with Crippen molar-refractivity contribution in [1.29, 1.82) is 0 Å². The Kier molecular flexibility index (Phi) is 8.86. The number of furan rings is 2. The second-order valence-electron chi connectivity index (χ2n) is 19.7. The summed E-state index contributed by atoms with van der Waals surface area (Å²) in [6.07, 6.45) is 6.89. The Morgan fingerprint density at radius 3 is 1.62 bits per heavy atom. The highest BCUT2D eigenvalue weighted by atomic mass is 16.3. The minimum absolute atomic E-state index is 0.114. The van der Waals surface area contributed by atoms with Crippen LogP contribution in [0.2, 0.25) is 0 Å². The molecule has 0 N–H and O–H groups in total. The van der Waals surface area contributed by atoms with Crippen molar-refractivity contribution in [2.75, 3.05) is 0 Å². The molecule has 3 aliphatic carbocycles. The highest BCUT2D eigenvalue weighted by Gasteiger charge is 2.54. The fourth-order valence-electron chi connectivity index (χ4n) is 13.2. The summed E-state index contributed by atoms with van der Waals surface area (Å²) in [5.74, 6) is 0.364. The van der Waals surface area contributed by atoms with Crippen molar-refractivity contribution in [3.63, 3.8) is 0 Å². The van der Waals surface area contributed by atoms with Gasteiger partial charge in [0.15, 0.2) is 0 Å². The van der Waals surface area contributed by atoms with E-state index in [-0.39, 0.29) is 11.8 Å². The summed E-state index contributed by atoms with van der Waals surface area (Å²) in [4.78, 5) is 0. The molecular weight excluding hydrogens is 861 g/mol. The fraction of sp³-hybridized carbons (Fsp3) is 0.0725. The van der Waals surface area contributed by atoms with Gasteiger partial charge in [-0.05, 0) is 109 Å². The van der Waals surface area contributed by atoms with E-state index in [0.29, 0.717) is 0 Å². The molecule has 2 nitrogen and oxygen atoms in total. The van der Waals surface area contributed by atoms with Crippen molar-refractivity contribution >= 4 is 49.5 Å². The SMILES string of the molecule is C1=CC(CC(c2ccc(-c3cccc4c3oc3ccccc34)cc2)c2ccccc2-c2ccccc2)CC2=C1c1cccc(-c3cccc4c3oc3ccccc34)c1C21c2ccccc2-c2ccccc21. The molecule has 10 aromatic carbocycles. The van der Waals surface area contributed by atoms with Crippen LogP contribution in [0, 0.1) is 5.92 Å². The summed E-state index contributed by atoms with van der Waals surface area (Å²) in [5, 5.41) is 4.59. The number of hydrogen-bond donors (Lipinski definition) is 0. The molecule has 12 aromatic rings. The molecule has 0 bridgehead atoms. The molecule has 334 valence electrons. The minimum Gasteiger partial charge on any atom is -0.455 e. The van der Waals surface area contributed by atoms with E-state index >= 15 is 0 Å². The van der Waals surface area contributed by atoms with E-state index in [1.165, 1.54) is 72.3 Å². The van der Waals surface area contributed by atoms with Gasteiger partial charge in [0.05, 0.1) is 5.41 Å². The Balaban J connectivity index is 0.884. The van der Waals surface area contributed by atoms with Crippen molar-refractivity contribution in [1.82, 2.24) is 0 Å². The maximum Gasteiger partial charge on any atom is 0.143 e. The molecule has 2 heterocycles. The molecule has 2 aromatic heterocycles. The van der Waals surface area contributed by atoms with Crippen LogP contribution in [-0.2, 0) is 5.41 Å². The highest BCUT2D eigenvalue weighted by Crippen LogP contribution is 2.66. The lowest BCUT2D eigenvalue weighted by Gasteiger charge is -2.37. The summed E-state index contributed by atoms with van der Waals surface area (Å²) in [7, 11) is 0. The lowest BCUT2D eigenvalue weighted by molar-refractivity contribution is 0.519. The van der Waals surface area contributed by atoms with Gasteiger partial charge < -0.3 is 8.83 Å². The Bertz CT molecular complexity index is 4130. The summed E-state index contributed by atoms with van der Waals surface area (Å²) in [6, 6.07) is 84.8. The monoisotopic (exact) mass is 906 g/mol. The lowest BCUT2D eigenvalue weighted by Crippen LogP contribution is -2.30. The Hall–Kier alpha value is -8.72. The second-order valence-corrected chi connectivity index (χ2v) is 19.7. The minimum atomic E-state index is -0.498. The van der Waals surface area contributed by atoms with Gasteiger partial charge in [-0.3, -0.25) is 0 Å². The number of hydrogen-bond acceptors (Lipinski definition) is 2. The van der Waals surface area contributed by atoms with E-state index in [9.17, 15) is 0 Å². The molecule has 2 unspecified atom stereocenters. The van der Waals surface area contributed by atoms with Crippen LogP contribution in [0.4, 0.5) is 0 Å². The first-order chi connectivity index (χ1) is 35.2. The summed E-state index contributed by atoms with van der Waals surface area (Å²) < 4.78 is 13.4. The van der Waals surface area contributed by atoms with Crippen LogP contribution >= 0.6 is 0 Å². The first-order valence-electron chi connectivity index (χ1n) is 25.0. The van der Waals surface area contributed by atoms with E-state index in [2.05, 4.69) is 237 Å². The summed E-state index contributed by atoms with van der Waals surface area (Å²) >= 11 is 0. The van der Waals surface area contributed by atoms with Crippen molar-refractivity contribution in [3.8, 4) is 44.5 Å². The predicted octanol–water partition coefficient (Wildman–Crippen LogP) is 18.4. The average Bonchev–Trinajstić information content (AvgIpc) is 4.18. The van der Waals surface area contributed by atoms with Gasteiger partial charge in [-0.25, -0.2) is 0 Å². The Morgan fingerprint density at radius 1 is 0.408 bits per heavy atom. The van der Waals surface area contributed by atoms with Crippen molar-refractivity contribution in [2.45, 2.75) is 24.2 Å². The topological polar surface area (TPSA) is 26.3 Å². The van der Waals surface area contributed by atoms with Crippen molar-refractivity contribution in [2.24, 2.45) is 5.92 Å². The van der Waals surface area contributed by atoms with Gasteiger partial charge in [0.25, 0.3) is 0 Å². The van der Waals surface area contributed by atoms with Crippen LogP contribution in [0.25, 0.3) is 94.0 Å². The van der Waals surface area contributed by atoms with E-state index in [1.54, 1.807) is 0 Å². The number of rotatable bonds is 7. The van der Waals surface area contributed by atoms with Crippen LogP contribution < -0.4 is 0 Å². The number of allylic oxidation sites excluding steroid dienone is 4. The van der Waals surface area contributed by atoms with Gasteiger partial charge in [0.1, 0.15) is 22.3 Å². The molecule has 0 radical (unpaired) electrons. The summed E-state index contributed by atoms with van der Waals surface area (Å²) in [5.41, 5.74) is 23.9. The molecule has 0 amide bonds. The van der Waals surface area contributed by atoms with Gasteiger partial charge in [-0.15, -0.1) is 0 Å². The summed E-state index contributed by atoms with van der Waals surface area (Å²) in [6.45, 7) is 0. The normalized spacial score (nSPS) is 15.7. The zero-order valence-corrected chi connectivity index (χ0v) is 39.0. The maximum absolute atomic E-state index is 6.82. The smallest absolute Gasteiger partial charge is 0.143 e. The van der Waals surface area contributed by atoms with Gasteiger partial charge in [0.2, 0.25) is 0 Å². The van der Waals surface area contributed by atoms with Crippen LogP contribution in [0.5, 0.6) is 0 Å². The van der Waals surface area contributed by atoms with Gasteiger partial charge in [-0.1, -0.05) is 231 Å². The Labute approximate surface area is 412 Å². The third kappa shape index (κ3) is 5.89. The Morgan fingerprint density at radius 2 is 0.915 bits per heavy atom. The molecule has 0 aliphatic heterocycles. The molecule has 0 saturated heterocycles. The van der Waals surface area contributed by atoms with Crippen molar-refractivity contribution < 1.29 is 8.83 Å². The average molecular weight is 907 g/mol. The first kappa shape index (κ1) is 40.2. The fourth-order valence-corrected chi connectivity index (χ4v) is 13.2.